The number of anilines is 1. The highest BCUT2D eigenvalue weighted by Crippen LogP contribution is 2.21. The normalized spacial score (nSPS) is 9.23. The number of hydrogen-bond donors (Lipinski definition) is 1. The van der Waals surface area contributed by atoms with Crippen LogP contribution in [0.25, 0.3) is 5.69 Å². The quantitative estimate of drug-likeness (QED) is 0.877. The van der Waals surface area contributed by atoms with Gasteiger partial charge in [0.25, 0.3) is 0 Å². The van der Waals surface area contributed by atoms with Gasteiger partial charge in [-0.3, -0.25) is 0 Å². The van der Waals surface area contributed by atoms with Gasteiger partial charge in [0.05, 0.1) is 0 Å². The molecule has 2 rings (SSSR count). The SMILES string of the molecule is Cc1ccc(C)n1-c1cccc(NC(C#N)=C(C#N)C#N)c1. The summed E-state index contributed by atoms with van der Waals surface area (Å²) in [6.07, 6.45) is 0. The summed E-state index contributed by atoms with van der Waals surface area (Å²) in [6.45, 7) is 4.02. The van der Waals surface area contributed by atoms with Crippen LogP contribution in [0.15, 0.2) is 47.7 Å². The molecule has 0 aliphatic rings. The van der Waals surface area contributed by atoms with Crippen LogP contribution in [0.3, 0.4) is 0 Å². The van der Waals surface area contributed by atoms with Gasteiger partial charge < -0.3 is 9.88 Å². The van der Waals surface area contributed by atoms with Crippen molar-refractivity contribution in [1.29, 1.82) is 15.8 Å². The highest BCUT2D eigenvalue weighted by molar-refractivity contribution is 5.61. The first-order valence-electron chi connectivity index (χ1n) is 6.57. The van der Waals surface area contributed by atoms with Crippen LogP contribution in [-0.2, 0) is 0 Å². The van der Waals surface area contributed by atoms with E-state index in [2.05, 4.69) is 9.88 Å². The molecule has 0 aliphatic carbocycles. The lowest BCUT2D eigenvalue weighted by molar-refractivity contribution is 0.966. The van der Waals surface area contributed by atoms with E-state index in [1.807, 2.05) is 50.2 Å². The van der Waals surface area contributed by atoms with Crippen LogP contribution in [0.2, 0.25) is 0 Å². The van der Waals surface area contributed by atoms with E-state index >= 15 is 0 Å². The molecule has 106 valence electrons. The van der Waals surface area contributed by atoms with Crippen LogP contribution in [0.5, 0.6) is 0 Å². The van der Waals surface area contributed by atoms with Crippen LogP contribution in [0.4, 0.5) is 5.69 Å². The standard InChI is InChI=1S/C17H13N5/c1-12-6-7-13(2)22(12)16-5-3-4-15(8-16)21-17(11-20)14(9-18)10-19/h3-8,21H,1-2H3. The zero-order valence-corrected chi connectivity index (χ0v) is 12.3. The summed E-state index contributed by atoms with van der Waals surface area (Å²) in [7, 11) is 0. The van der Waals surface area contributed by atoms with Crippen LogP contribution in [-0.4, -0.2) is 4.57 Å². The molecule has 0 spiro atoms. The molecular weight excluding hydrogens is 274 g/mol. The maximum Gasteiger partial charge on any atom is 0.163 e. The Hall–Kier alpha value is -3.49. The summed E-state index contributed by atoms with van der Waals surface area (Å²) in [4.78, 5) is 0. The minimum atomic E-state index is -0.235. The van der Waals surface area contributed by atoms with Crippen molar-refractivity contribution in [2.45, 2.75) is 13.8 Å². The molecule has 0 saturated heterocycles. The molecule has 1 aromatic carbocycles. The van der Waals surface area contributed by atoms with E-state index in [-0.39, 0.29) is 11.3 Å². The predicted octanol–water partition coefficient (Wildman–Crippen LogP) is 3.33. The molecule has 5 nitrogen and oxygen atoms in total. The van der Waals surface area contributed by atoms with Crippen LogP contribution in [0.1, 0.15) is 11.4 Å². The number of aryl methyl sites for hydroxylation is 2. The number of aromatic nitrogens is 1. The first kappa shape index (κ1) is 14.9. The van der Waals surface area contributed by atoms with Gasteiger partial charge in [-0.2, -0.15) is 15.8 Å². The Kier molecular flexibility index (Phi) is 4.27. The molecule has 5 heteroatoms. The van der Waals surface area contributed by atoms with E-state index in [1.54, 1.807) is 18.2 Å². The Bertz CT molecular complexity index is 830. The van der Waals surface area contributed by atoms with Crippen molar-refractivity contribution in [2.75, 3.05) is 5.32 Å². The smallest absolute Gasteiger partial charge is 0.163 e. The molecule has 0 atom stereocenters. The molecule has 1 aromatic heterocycles. The van der Waals surface area contributed by atoms with E-state index in [1.165, 1.54) is 0 Å². The molecule has 0 aliphatic heterocycles. The largest absolute Gasteiger partial charge is 0.345 e. The minimum Gasteiger partial charge on any atom is -0.345 e. The molecule has 0 saturated carbocycles. The Balaban J connectivity index is 2.43. The van der Waals surface area contributed by atoms with Crippen molar-refractivity contribution in [3.8, 4) is 23.9 Å². The number of nitrogens with one attached hydrogen (secondary N) is 1. The average molecular weight is 287 g/mol. The lowest BCUT2D eigenvalue weighted by Crippen LogP contribution is -2.03. The lowest BCUT2D eigenvalue weighted by atomic mass is 10.2. The van der Waals surface area contributed by atoms with Crippen molar-refractivity contribution in [1.82, 2.24) is 4.57 Å². The highest BCUT2D eigenvalue weighted by Gasteiger charge is 2.08. The van der Waals surface area contributed by atoms with Crippen LogP contribution < -0.4 is 5.32 Å². The predicted molar refractivity (Wildman–Crippen MR) is 82.7 cm³/mol. The first-order valence-corrected chi connectivity index (χ1v) is 6.57. The molecule has 0 amide bonds. The van der Waals surface area contributed by atoms with Gasteiger partial charge in [-0.05, 0) is 44.2 Å². The molecule has 1 N–H and O–H groups in total. The Labute approximate surface area is 129 Å². The maximum absolute atomic E-state index is 9.08. The van der Waals surface area contributed by atoms with E-state index in [9.17, 15) is 0 Å². The molecule has 0 unspecified atom stereocenters. The minimum absolute atomic E-state index is 0.0527. The average Bonchev–Trinajstić information content (AvgIpc) is 2.86. The van der Waals surface area contributed by atoms with E-state index < -0.39 is 0 Å². The molecule has 22 heavy (non-hydrogen) atoms. The summed E-state index contributed by atoms with van der Waals surface area (Å²) in [5.74, 6) is 0. The molecular formula is C17H13N5. The highest BCUT2D eigenvalue weighted by atomic mass is 15.0. The molecule has 0 bridgehead atoms. The van der Waals surface area contributed by atoms with Gasteiger partial charge in [-0.15, -0.1) is 0 Å². The van der Waals surface area contributed by atoms with Gasteiger partial charge in [0.2, 0.25) is 0 Å². The fraction of sp³-hybridized carbons (Fsp3) is 0.118. The van der Waals surface area contributed by atoms with Crippen LogP contribution >= 0.6 is 0 Å². The zero-order chi connectivity index (χ0) is 16.1. The summed E-state index contributed by atoms with van der Waals surface area (Å²) in [5.41, 5.74) is 3.49. The Morgan fingerprint density at radius 2 is 1.59 bits per heavy atom. The third-order valence-corrected chi connectivity index (χ3v) is 3.23. The third-order valence-electron chi connectivity index (χ3n) is 3.23. The van der Waals surface area contributed by atoms with Gasteiger partial charge in [0.1, 0.15) is 23.9 Å². The van der Waals surface area contributed by atoms with Gasteiger partial charge >= 0.3 is 0 Å². The number of rotatable bonds is 3. The topological polar surface area (TPSA) is 88.3 Å². The van der Waals surface area contributed by atoms with Crippen molar-refractivity contribution >= 4 is 5.69 Å². The maximum atomic E-state index is 9.08. The van der Waals surface area contributed by atoms with Gasteiger partial charge in [-0.25, -0.2) is 0 Å². The summed E-state index contributed by atoms with van der Waals surface area (Å²) in [5, 5.41) is 29.6. The van der Waals surface area contributed by atoms with Crippen molar-refractivity contribution in [2.24, 2.45) is 0 Å². The third kappa shape index (κ3) is 2.82. The van der Waals surface area contributed by atoms with Crippen molar-refractivity contribution in [3.05, 3.63) is 59.1 Å². The zero-order valence-electron chi connectivity index (χ0n) is 12.3. The van der Waals surface area contributed by atoms with E-state index in [0.717, 1.165) is 17.1 Å². The number of allylic oxidation sites excluding steroid dienone is 2. The molecule has 0 fully saturated rings. The van der Waals surface area contributed by atoms with Crippen LogP contribution in [0, 0.1) is 47.8 Å². The number of hydrogen-bond acceptors (Lipinski definition) is 4. The Morgan fingerprint density at radius 1 is 0.955 bits per heavy atom. The van der Waals surface area contributed by atoms with Gasteiger partial charge in [0.15, 0.2) is 5.57 Å². The second kappa shape index (κ2) is 6.31. The fourth-order valence-electron chi connectivity index (χ4n) is 2.23. The monoisotopic (exact) mass is 287 g/mol. The van der Waals surface area contributed by atoms with Crippen molar-refractivity contribution in [3.63, 3.8) is 0 Å². The lowest BCUT2D eigenvalue weighted by Gasteiger charge is -2.12. The summed E-state index contributed by atoms with van der Waals surface area (Å²) < 4.78 is 2.08. The molecule has 2 aromatic rings. The summed E-state index contributed by atoms with van der Waals surface area (Å²) >= 11 is 0. The molecule has 0 radical (unpaired) electrons. The number of nitrogens with zero attached hydrogens (tertiary/aromatic N) is 4. The second-order valence-electron chi connectivity index (χ2n) is 4.71. The number of nitriles is 3. The van der Waals surface area contributed by atoms with Gasteiger partial charge in [0, 0.05) is 22.8 Å². The summed E-state index contributed by atoms with van der Waals surface area (Å²) in [6, 6.07) is 16.8. The van der Waals surface area contributed by atoms with E-state index in [4.69, 9.17) is 15.8 Å². The first-order chi connectivity index (χ1) is 10.6. The number of benzene rings is 1. The van der Waals surface area contributed by atoms with E-state index in [0.29, 0.717) is 5.69 Å². The molecule has 1 heterocycles. The fourth-order valence-corrected chi connectivity index (χ4v) is 2.23. The Morgan fingerprint density at radius 3 is 2.14 bits per heavy atom. The van der Waals surface area contributed by atoms with Crippen molar-refractivity contribution < 1.29 is 0 Å². The second-order valence-corrected chi connectivity index (χ2v) is 4.71. The van der Waals surface area contributed by atoms with Gasteiger partial charge in [-0.1, -0.05) is 6.07 Å².